The molecule has 0 aromatic heterocycles. The molecule has 0 heterocycles. The molecule has 8 heteroatoms. The zero-order valence-electron chi connectivity index (χ0n) is 13.7. The number of alkyl halides is 3. The molecule has 4 nitrogen and oxygen atoms in total. The lowest BCUT2D eigenvalue weighted by Crippen LogP contribution is -2.05. The van der Waals surface area contributed by atoms with Crippen LogP contribution in [0.1, 0.15) is 29.5 Å². The molecular formula is C18H17ClF3N3O. The molecule has 2 aromatic carbocycles. The van der Waals surface area contributed by atoms with E-state index in [-0.39, 0.29) is 17.4 Å². The molecule has 0 radical (unpaired) electrons. The minimum absolute atomic E-state index is 0.0990. The molecule has 0 unspecified atom stereocenters. The van der Waals surface area contributed by atoms with Gasteiger partial charge in [-0.05, 0) is 42.2 Å². The van der Waals surface area contributed by atoms with E-state index in [1.54, 1.807) is 24.3 Å². The van der Waals surface area contributed by atoms with Gasteiger partial charge in [-0.2, -0.15) is 18.3 Å². The van der Waals surface area contributed by atoms with Gasteiger partial charge in [0.15, 0.2) is 0 Å². The van der Waals surface area contributed by atoms with Crippen molar-refractivity contribution in [2.45, 2.75) is 25.6 Å². The first kappa shape index (κ1) is 19.9. The lowest BCUT2D eigenvalue weighted by molar-refractivity contribution is -0.137. The molecule has 0 spiro atoms. The van der Waals surface area contributed by atoms with Gasteiger partial charge in [0, 0.05) is 5.71 Å². The summed E-state index contributed by atoms with van der Waals surface area (Å²) in [6.07, 6.45) is -3.25. The molecule has 0 amide bonds. The number of nitrogens with one attached hydrogen (secondary N) is 2. The molecule has 0 atom stereocenters. The van der Waals surface area contributed by atoms with E-state index in [0.29, 0.717) is 25.1 Å². The second kappa shape index (κ2) is 8.80. The average Bonchev–Trinajstić information content (AvgIpc) is 2.60. The summed E-state index contributed by atoms with van der Waals surface area (Å²) in [5.74, 6) is 0.177. The van der Waals surface area contributed by atoms with Gasteiger partial charge >= 0.3 is 6.18 Å². The van der Waals surface area contributed by atoms with Crippen molar-refractivity contribution in [3.8, 4) is 5.75 Å². The largest absolute Gasteiger partial charge is 0.487 e. The summed E-state index contributed by atoms with van der Waals surface area (Å²) in [6, 6.07) is 10.1. The van der Waals surface area contributed by atoms with E-state index < -0.39 is 11.7 Å². The monoisotopic (exact) mass is 383 g/mol. The van der Waals surface area contributed by atoms with Crippen molar-refractivity contribution in [3.05, 3.63) is 64.2 Å². The van der Waals surface area contributed by atoms with Crippen LogP contribution >= 0.6 is 11.6 Å². The first-order chi connectivity index (χ1) is 12.3. The molecule has 0 bridgehead atoms. The number of nitrogens with zero attached hydrogens (tertiary/aromatic N) is 1. The van der Waals surface area contributed by atoms with Crippen molar-refractivity contribution >= 4 is 17.3 Å². The number of hydrogen-bond donors (Lipinski definition) is 2. The Labute approximate surface area is 154 Å². The van der Waals surface area contributed by atoms with Crippen molar-refractivity contribution in [2.24, 2.45) is 5.11 Å². The molecule has 26 heavy (non-hydrogen) atoms. The van der Waals surface area contributed by atoms with Crippen LogP contribution in [0.2, 0.25) is 5.02 Å². The quantitative estimate of drug-likeness (QED) is 0.322. The van der Waals surface area contributed by atoms with E-state index in [1.165, 1.54) is 6.07 Å². The SMILES string of the molecule is N=NCCCC(=N)c1ccc(COc2ccc(C(F)(F)F)cc2Cl)cc1. The summed E-state index contributed by atoms with van der Waals surface area (Å²) in [4.78, 5) is 0. The number of ether oxygens (including phenoxy) is 1. The van der Waals surface area contributed by atoms with Gasteiger partial charge in [-0.3, -0.25) is 0 Å². The van der Waals surface area contributed by atoms with Crippen LogP contribution in [0.3, 0.4) is 0 Å². The summed E-state index contributed by atoms with van der Waals surface area (Å²) in [7, 11) is 0. The molecule has 138 valence electrons. The topological polar surface area (TPSA) is 69.3 Å². The standard InChI is InChI=1S/C18H17ClF3N3O/c19-15-10-14(18(20,21)22)7-8-17(15)26-11-12-3-5-13(6-4-12)16(23)2-1-9-25-24/h3-8,10,23-24H,1-2,9,11H2. The lowest BCUT2D eigenvalue weighted by Gasteiger charge is -2.12. The Morgan fingerprint density at radius 3 is 2.38 bits per heavy atom. The zero-order chi connectivity index (χ0) is 19.2. The van der Waals surface area contributed by atoms with E-state index >= 15 is 0 Å². The summed E-state index contributed by atoms with van der Waals surface area (Å²) >= 11 is 5.85. The van der Waals surface area contributed by atoms with E-state index in [0.717, 1.165) is 23.3 Å². The number of halogens is 4. The second-order valence-electron chi connectivity index (χ2n) is 5.59. The number of hydrogen-bond acceptors (Lipinski definition) is 4. The van der Waals surface area contributed by atoms with Gasteiger partial charge in [0.2, 0.25) is 0 Å². The predicted octanol–water partition coefficient (Wildman–Crippen LogP) is 6.12. The Morgan fingerprint density at radius 1 is 1.12 bits per heavy atom. The van der Waals surface area contributed by atoms with Crippen molar-refractivity contribution in [1.29, 1.82) is 10.9 Å². The first-order valence-electron chi connectivity index (χ1n) is 7.81. The van der Waals surface area contributed by atoms with Gasteiger partial charge in [-0.15, -0.1) is 0 Å². The average molecular weight is 384 g/mol. The van der Waals surface area contributed by atoms with Crippen LogP contribution in [-0.4, -0.2) is 12.3 Å². The molecule has 2 aromatic rings. The minimum Gasteiger partial charge on any atom is -0.487 e. The second-order valence-corrected chi connectivity index (χ2v) is 6.00. The minimum atomic E-state index is -4.45. The van der Waals surface area contributed by atoms with E-state index in [4.69, 9.17) is 27.3 Å². The van der Waals surface area contributed by atoms with Gasteiger partial charge in [0.25, 0.3) is 0 Å². The highest BCUT2D eigenvalue weighted by Gasteiger charge is 2.31. The third kappa shape index (κ3) is 5.56. The molecule has 0 aliphatic rings. The van der Waals surface area contributed by atoms with Crippen molar-refractivity contribution in [2.75, 3.05) is 6.54 Å². The van der Waals surface area contributed by atoms with E-state index in [2.05, 4.69) is 5.11 Å². The maximum Gasteiger partial charge on any atom is 0.416 e. The highest BCUT2D eigenvalue weighted by atomic mass is 35.5. The van der Waals surface area contributed by atoms with Crippen molar-refractivity contribution in [1.82, 2.24) is 0 Å². The first-order valence-corrected chi connectivity index (χ1v) is 8.18. The van der Waals surface area contributed by atoms with Gasteiger partial charge < -0.3 is 10.1 Å². The lowest BCUT2D eigenvalue weighted by atomic mass is 10.0. The Morgan fingerprint density at radius 2 is 1.81 bits per heavy atom. The fourth-order valence-corrected chi connectivity index (χ4v) is 2.47. The molecule has 2 rings (SSSR count). The smallest absolute Gasteiger partial charge is 0.416 e. The van der Waals surface area contributed by atoms with Crippen LogP contribution in [0.5, 0.6) is 5.75 Å². The molecule has 0 saturated carbocycles. The summed E-state index contributed by atoms with van der Waals surface area (Å²) in [5, 5.41) is 11.1. The van der Waals surface area contributed by atoms with Gasteiger partial charge in [-0.25, -0.2) is 5.53 Å². The van der Waals surface area contributed by atoms with Crippen LogP contribution < -0.4 is 4.74 Å². The highest BCUT2D eigenvalue weighted by molar-refractivity contribution is 6.32. The third-order valence-corrected chi connectivity index (χ3v) is 3.95. The molecule has 0 aliphatic heterocycles. The van der Waals surface area contributed by atoms with Crippen LogP contribution in [0.25, 0.3) is 0 Å². The summed E-state index contributed by atoms with van der Waals surface area (Å²) in [6.45, 7) is 0.554. The predicted molar refractivity (Wildman–Crippen MR) is 93.3 cm³/mol. The van der Waals surface area contributed by atoms with E-state index in [9.17, 15) is 13.2 Å². The maximum atomic E-state index is 12.6. The molecular weight excluding hydrogens is 367 g/mol. The van der Waals surface area contributed by atoms with Crippen LogP contribution in [0, 0.1) is 10.9 Å². The third-order valence-electron chi connectivity index (χ3n) is 3.65. The molecule has 0 aliphatic carbocycles. The zero-order valence-corrected chi connectivity index (χ0v) is 14.5. The van der Waals surface area contributed by atoms with Crippen molar-refractivity contribution < 1.29 is 17.9 Å². The van der Waals surface area contributed by atoms with Gasteiger partial charge in [0.1, 0.15) is 12.4 Å². The van der Waals surface area contributed by atoms with Crippen LogP contribution in [0.15, 0.2) is 47.6 Å². The fourth-order valence-electron chi connectivity index (χ4n) is 2.24. The molecule has 0 saturated heterocycles. The Balaban J connectivity index is 1.95. The van der Waals surface area contributed by atoms with Gasteiger partial charge in [-0.1, -0.05) is 35.9 Å². The summed E-state index contributed by atoms with van der Waals surface area (Å²) in [5.41, 5.74) is 7.95. The fraction of sp³-hybridized carbons (Fsp3) is 0.278. The Bertz CT molecular complexity index is 776. The maximum absolute atomic E-state index is 12.6. The van der Waals surface area contributed by atoms with E-state index in [1.807, 2.05) is 0 Å². The summed E-state index contributed by atoms with van der Waals surface area (Å²) < 4.78 is 43.3. The van der Waals surface area contributed by atoms with Crippen molar-refractivity contribution in [3.63, 3.8) is 0 Å². The van der Waals surface area contributed by atoms with Gasteiger partial charge in [0.05, 0.1) is 17.1 Å². The molecule has 0 fully saturated rings. The molecule has 2 N–H and O–H groups in total. The Hall–Kier alpha value is -2.41. The van der Waals surface area contributed by atoms with Crippen LogP contribution in [0.4, 0.5) is 13.2 Å². The number of benzene rings is 2. The number of rotatable bonds is 8. The normalized spacial score (nSPS) is 11.2. The highest BCUT2D eigenvalue weighted by Crippen LogP contribution is 2.34. The van der Waals surface area contributed by atoms with Crippen LogP contribution in [-0.2, 0) is 12.8 Å². The Kier molecular flexibility index (Phi) is 6.74.